The lowest BCUT2D eigenvalue weighted by atomic mass is 9.97. The van der Waals surface area contributed by atoms with Crippen LogP contribution in [0.25, 0.3) is 0 Å². The average Bonchev–Trinajstić information content (AvgIpc) is 2.69. The largest absolute Gasteiger partial charge is 0.324 e. The summed E-state index contributed by atoms with van der Waals surface area (Å²) in [5, 5.41) is 0. The van der Waals surface area contributed by atoms with Crippen LogP contribution in [0.1, 0.15) is 26.7 Å². The molecule has 0 aliphatic heterocycles. The highest BCUT2D eigenvalue weighted by atomic mass is 32.2. The van der Waals surface area contributed by atoms with Gasteiger partial charge in [-0.3, -0.25) is 0 Å². The van der Waals surface area contributed by atoms with Gasteiger partial charge in [-0.1, -0.05) is 26.0 Å². The first kappa shape index (κ1) is 11.1. The number of hydrogen-bond donors (Lipinski definition) is 1. The van der Waals surface area contributed by atoms with Crippen molar-refractivity contribution in [2.45, 2.75) is 32.7 Å². The number of hydrogen-bond acceptors (Lipinski definition) is 2. The van der Waals surface area contributed by atoms with E-state index in [1.54, 1.807) is 0 Å². The van der Waals surface area contributed by atoms with E-state index in [4.69, 9.17) is 5.73 Å². The van der Waals surface area contributed by atoms with Crippen molar-refractivity contribution in [1.29, 1.82) is 0 Å². The van der Waals surface area contributed by atoms with Crippen molar-refractivity contribution in [2.75, 3.05) is 12.0 Å². The Bertz CT molecular complexity index is 198. The molecule has 2 N–H and O–H groups in total. The third-order valence-corrected chi connectivity index (χ3v) is 3.71. The van der Waals surface area contributed by atoms with E-state index >= 15 is 0 Å². The summed E-state index contributed by atoms with van der Waals surface area (Å²) in [7, 11) is 0. The smallest absolute Gasteiger partial charge is 0.0261 e. The van der Waals surface area contributed by atoms with E-state index in [0.717, 1.165) is 12.2 Å². The van der Waals surface area contributed by atoms with Crippen molar-refractivity contribution < 1.29 is 0 Å². The Morgan fingerprint density at radius 1 is 1.69 bits per heavy atom. The van der Waals surface area contributed by atoms with E-state index in [1.165, 1.54) is 12.0 Å². The molecule has 1 fully saturated rings. The molecule has 2 heteroatoms. The minimum atomic E-state index is 0.222. The second kappa shape index (κ2) is 4.05. The van der Waals surface area contributed by atoms with Crippen molar-refractivity contribution in [1.82, 2.24) is 0 Å². The Balaban J connectivity index is 2.32. The van der Waals surface area contributed by atoms with Crippen LogP contribution in [0.15, 0.2) is 12.2 Å². The fourth-order valence-corrected chi connectivity index (χ4v) is 2.28. The van der Waals surface area contributed by atoms with E-state index in [0.29, 0.717) is 11.3 Å². The van der Waals surface area contributed by atoms with Crippen LogP contribution in [-0.2, 0) is 0 Å². The second-order valence-electron chi connectivity index (χ2n) is 4.71. The molecule has 0 spiro atoms. The molecular formula is C11H21NS. The van der Waals surface area contributed by atoms with Gasteiger partial charge in [-0.25, -0.2) is 0 Å². The van der Waals surface area contributed by atoms with Gasteiger partial charge in [0.05, 0.1) is 0 Å². The zero-order chi connectivity index (χ0) is 10.1. The van der Waals surface area contributed by atoms with Crippen LogP contribution in [0.5, 0.6) is 0 Å². The Labute approximate surface area is 86.2 Å². The summed E-state index contributed by atoms with van der Waals surface area (Å²) in [6, 6.07) is 0.222. The molecule has 0 radical (unpaired) electrons. The first-order valence-corrected chi connectivity index (χ1v) is 6.31. The molecule has 0 aromatic rings. The Kier molecular flexibility index (Phi) is 3.47. The molecule has 1 nitrogen and oxygen atoms in total. The van der Waals surface area contributed by atoms with Crippen molar-refractivity contribution in [3.63, 3.8) is 0 Å². The van der Waals surface area contributed by atoms with Crippen LogP contribution >= 0.6 is 11.8 Å². The Morgan fingerprint density at radius 2 is 2.23 bits per heavy atom. The molecule has 0 aromatic heterocycles. The first-order chi connectivity index (χ1) is 5.99. The van der Waals surface area contributed by atoms with Gasteiger partial charge in [0, 0.05) is 6.04 Å². The van der Waals surface area contributed by atoms with Gasteiger partial charge in [0.25, 0.3) is 0 Å². The maximum absolute atomic E-state index is 6.05. The van der Waals surface area contributed by atoms with Crippen molar-refractivity contribution in [2.24, 2.45) is 17.1 Å². The highest BCUT2D eigenvalue weighted by Crippen LogP contribution is 2.55. The molecule has 13 heavy (non-hydrogen) atoms. The summed E-state index contributed by atoms with van der Waals surface area (Å²) in [4.78, 5) is 0. The van der Waals surface area contributed by atoms with Crippen molar-refractivity contribution in [3.8, 4) is 0 Å². The summed E-state index contributed by atoms with van der Waals surface area (Å²) in [6.07, 6.45) is 4.47. The lowest BCUT2D eigenvalue weighted by Crippen LogP contribution is -2.24. The predicted molar refractivity (Wildman–Crippen MR) is 62.0 cm³/mol. The van der Waals surface area contributed by atoms with Gasteiger partial charge in [0.2, 0.25) is 0 Å². The van der Waals surface area contributed by atoms with Crippen LogP contribution in [0, 0.1) is 11.3 Å². The lowest BCUT2D eigenvalue weighted by molar-refractivity contribution is 0.568. The molecule has 1 saturated carbocycles. The lowest BCUT2D eigenvalue weighted by Gasteiger charge is -2.15. The number of thioether (sulfide) groups is 1. The molecule has 1 unspecified atom stereocenters. The van der Waals surface area contributed by atoms with Crippen LogP contribution in [0.3, 0.4) is 0 Å². The molecular weight excluding hydrogens is 178 g/mol. The average molecular weight is 199 g/mol. The van der Waals surface area contributed by atoms with E-state index in [1.807, 2.05) is 11.8 Å². The maximum Gasteiger partial charge on any atom is 0.0261 e. The summed E-state index contributed by atoms with van der Waals surface area (Å²) in [5.74, 6) is 1.83. The van der Waals surface area contributed by atoms with Crippen molar-refractivity contribution >= 4 is 11.8 Å². The molecule has 0 aromatic carbocycles. The topological polar surface area (TPSA) is 26.0 Å². The van der Waals surface area contributed by atoms with Gasteiger partial charge < -0.3 is 5.73 Å². The number of rotatable bonds is 5. The van der Waals surface area contributed by atoms with Crippen LogP contribution in [0.2, 0.25) is 0 Å². The SMILES string of the molecule is C=C(C1CC1(C)C)[C@@H](N)CCSC. The van der Waals surface area contributed by atoms with Crippen LogP contribution in [0.4, 0.5) is 0 Å². The molecule has 2 atom stereocenters. The second-order valence-corrected chi connectivity index (χ2v) is 5.69. The summed E-state index contributed by atoms with van der Waals surface area (Å²) in [5.41, 5.74) is 7.81. The zero-order valence-electron chi connectivity index (χ0n) is 8.97. The maximum atomic E-state index is 6.05. The zero-order valence-corrected chi connectivity index (χ0v) is 9.79. The van der Waals surface area contributed by atoms with Gasteiger partial charge >= 0.3 is 0 Å². The number of nitrogens with two attached hydrogens (primary N) is 1. The fraction of sp³-hybridized carbons (Fsp3) is 0.818. The predicted octanol–water partition coefficient (Wildman–Crippen LogP) is 2.67. The molecule has 0 saturated heterocycles. The standard InChI is InChI=1S/C11H21NS/c1-8(9-7-11(9,2)3)10(12)5-6-13-4/h9-10H,1,5-7,12H2,2-4H3/t9?,10-/m0/s1. The molecule has 76 valence electrons. The minimum absolute atomic E-state index is 0.222. The normalized spacial score (nSPS) is 26.9. The highest BCUT2D eigenvalue weighted by Gasteiger charge is 2.47. The van der Waals surface area contributed by atoms with E-state index in [2.05, 4.69) is 26.7 Å². The molecule has 0 heterocycles. The van der Waals surface area contributed by atoms with E-state index in [-0.39, 0.29) is 6.04 Å². The molecule has 0 bridgehead atoms. The van der Waals surface area contributed by atoms with Crippen molar-refractivity contribution in [3.05, 3.63) is 12.2 Å². The highest BCUT2D eigenvalue weighted by molar-refractivity contribution is 7.98. The fourth-order valence-electron chi connectivity index (χ4n) is 1.79. The summed E-state index contributed by atoms with van der Waals surface area (Å²) < 4.78 is 0. The molecule has 0 amide bonds. The first-order valence-electron chi connectivity index (χ1n) is 4.92. The van der Waals surface area contributed by atoms with E-state index < -0.39 is 0 Å². The van der Waals surface area contributed by atoms with Gasteiger partial charge in [-0.2, -0.15) is 11.8 Å². The molecule has 1 rings (SSSR count). The summed E-state index contributed by atoms with van der Waals surface area (Å²) >= 11 is 1.86. The van der Waals surface area contributed by atoms with Gasteiger partial charge in [-0.15, -0.1) is 0 Å². The Hall–Kier alpha value is 0.0500. The van der Waals surface area contributed by atoms with Gasteiger partial charge in [0.1, 0.15) is 0 Å². The molecule has 1 aliphatic rings. The third kappa shape index (κ3) is 2.75. The van der Waals surface area contributed by atoms with Crippen LogP contribution < -0.4 is 5.73 Å². The molecule has 1 aliphatic carbocycles. The summed E-state index contributed by atoms with van der Waals surface area (Å²) in [6.45, 7) is 8.72. The Morgan fingerprint density at radius 3 is 2.62 bits per heavy atom. The van der Waals surface area contributed by atoms with E-state index in [9.17, 15) is 0 Å². The van der Waals surface area contributed by atoms with Gasteiger partial charge in [0.15, 0.2) is 0 Å². The monoisotopic (exact) mass is 199 g/mol. The minimum Gasteiger partial charge on any atom is -0.324 e. The third-order valence-electron chi connectivity index (χ3n) is 3.07. The quantitative estimate of drug-likeness (QED) is 0.689. The van der Waals surface area contributed by atoms with Crippen LogP contribution in [-0.4, -0.2) is 18.1 Å². The van der Waals surface area contributed by atoms with Gasteiger partial charge in [-0.05, 0) is 36.2 Å².